The van der Waals surface area contributed by atoms with Crippen molar-refractivity contribution in [2.45, 2.75) is 31.7 Å². The van der Waals surface area contributed by atoms with Crippen LogP contribution >= 0.6 is 23.1 Å². The van der Waals surface area contributed by atoms with Crippen LogP contribution < -0.4 is 10.6 Å². The second-order valence-electron chi connectivity index (χ2n) is 4.68. The lowest BCUT2D eigenvalue weighted by Crippen LogP contribution is -2.45. The van der Waals surface area contributed by atoms with Gasteiger partial charge in [0.25, 0.3) is 0 Å². The Morgan fingerprint density at radius 1 is 1.61 bits per heavy atom. The summed E-state index contributed by atoms with van der Waals surface area (Å²) in [6, 6.07) is 4.49. The van der Waals surface area contributed by atoms with Crippen LogP contribution in [-0.4, -0.2) is 30.1 Å². The number of thiophene rings is 1. The highest BCUT2D eigenvalue weighted by molar-refractivity contribution is 7.99. The van der Waals surface area contributed by atoms with E-state index in [4.69, 9.17) is 0 Å². The van der Waals surface area contributed by atoms with Gasteiger partial charge in [0.15, 0.2) is 0 Å². The van der Waals surface area contributed by atoms with Crippen LogP contribution in [0.25, 0.3) is 0 Å². The number of amides is 2. The summed E-state index contributed by atoms with van der Waals surface area (Å²) in [5, 5.41) is 8.09. The van der Waals surface area contributed by atoms with Crippen LogP contribution in [0.1, 0.15) is 30.6 Å². The lowest BCUT2D eigenvalue weighted by atomic mass is 10.1. The molecule has 100 valence electrons. The number of hydrogen-bond acceptors (Lipinski definition) is 3. The fourth-order valence-corrected chi connectivity index (χ4v) is 3.87. The molecule has 1 aliphatic heterocycles. The summed E-state index contributed by atoms with van der Waals surface area (Å²) in [7, 11) is 0. The first-order chi connectivity index (χ1) is 8.75. The summed E-state index contributed by atoms with van der Waals surface area (Å²) in [4.78, 5) is 13.1. The van der Waals surface area contributed by atoms with Gasteiger partial charge in [0.2, 0.25) is 0 Å². The molecule has 1 aliphatic rings. The molecule has 2 heterocycles. The normalized spacial score (nSPS) is 21.3. The van der Waals surface area contributed by atoms with Crippen molar-refractivity contribution in [1.29, 1.82) is 0 Å². The maximum atomic E-state index is 11.8. The molecular weight excluding hydrogens is 264 g/mol. The Hall–Kier alpha value is -0.680. The molecule has 5 heteroatoms. The Morgan fingerprint density at radius 3 is 3.17 bits per heavy atom. The molecule has 1 saturated heterocycles. The van der Waals surface area contributed by atoms with Crippen molar-refractivity contribution < 1.29 is 4.79 Å². The van der Waals surface area contributed by atoms with E-state index >= 15 is 0 Å². The number of carbonyl (C=O) groups is 1. The van der Waals surface area contributed by atoms with Gasteiger partial charge in [-0.1, -0.05) is 13.0 Å². The van der Waals surface area contributed by atoms with E-state index in [1.54, 1.807) is 11.3 Å². The molecule has 0 bridgehead atoms. The quantitative estimate of drug-likeness (QED) is 0.892. The van der Waals surface area contributed by atoms with Crippen LogP contribution in [0.15, 0.2) is 17.5 Å². The molecule has 2 rings (SSSR count). The Balaban J connectivity index is 1.68. The number of rotatable bonds is 4. The van der Waals surface area contributed by atoms with Crippen LogP contribution in [0.4, 0.5) is 4.79 Å². The molecular formula is C13H20N2OS2. The monoisotopic (exact) mass is 284 g/mol. The second kappa shape index (κ2) is 7.04. The Morgan fingerprint density at radius 2 is 2.50 bits per heavy atom. The predicted molar refractivity (Wildman–Crippen MR) is 79.6 cm³/mol. The van der Waals surface area contributed by atoms with Crippen molar-refractivity contribution in [3.8, 4) is 0 Å². The van der Waals surface area contributed by atoms with Gasteiger partial charge >= 0.3 is 6.03 Å². The van der Waals surface area contributed by atoms with Crippen molar-refractivity contribution in [1.82, 2.24) is 10.6 Å². The summed E-state index contributed by atoms with van der Waals surface area (Å²) < 4.78 is 0. The SMILES string of the molecule is C[C@H](CNC(=O)N[C@H]1CCCSC1)c1cccs1. The van der Waals surface area contributed by atoms with Crippen molar-refractivity contribution >= 4 is 29.1 Å². The molecule has 2 N–H and O–H groups in total. The Labute approximate surface area is 117 Å². The van der Waals surface area contributed by atoms with E-state index in [9.17, 15) is 4.79 Å². The Bertz CT molecular complexity index is 361. The standard InChI is InChI=1S/C13H20N2OS2/c1-10(12-5-3-7-18-12)8-14-13(16)15-11-4-2-6-17-9-11/h3,5,7,10-11H,2,4,6,8-9H2,1H3,(H2,14,15,16)/t10-,11+/m1/s1. The smallest absolute Gasteiger partial charge is 0.315 e. The summed E-state index contributed by atoms with van der Waals surface area (Å²) >= 11 is 3.67. The molecule has 0 unspecified atom stereocenters. The molecule has 1 fully saturated rings. The van der Waals surface area contributed by atoms with E-state index in [0.717, 1.165) is 12.2 Å². The minimum absolute atomic E-state index is 0.0223. The van der Waals surface area contributed by atoms with Gasteiger partial charge in [0, 0.05) is 29.1 Å². The average Bonchev–Trinajstić information content (AvgIpc) is 2.91. The first-order valence-electron chi connectivity index (χ1n) is 6.41. The third-order valence-electron chi connectivity index (χ3n) is 3.09. The molecule has 0 spiro atoms. The minimum Gasteiger partial charge on any atom is -0.338 e. The fraction of sp³-hybridized carbons (Fsp3) is 0.615. The van der Waals surface area contributed by atoms with Gasteiger partial charge in [-0.15, -0.1) is 11.3 Å². The maximum absolute atomic E-state index is 11.8. The summed E-state index contributed by atoms with van der Waals surface area (Å²) in [6.45, 7) is 2.84. The number of hydrogen-bond donors (Lipinski definition) is 2. The van der Waals surface area contributed by atoms with E-state index in [0.29, 0.717) is 18.5 Å². The first kappa shape index (κ1) is 13.7. The van der Waals surface area contributed by atoms with Crippen LogP contribution in [-0.2, 0) is 0 Å². The topological polar surface area (TPSA) is 41.1 Å². The molecule has 2 amide bonds. The zero-order valence-electron chi connectivity index (χ0n) is 10.6. The Kier molecular flexibility index (Phi) is 5.38. The van der Waals surface area contributed by atoms with Crippen LogP contribution in [0.3, 0.4) is 0 Å². The third-order valence-corrected chi connectivity index (χ3v) is 5.41. The van der Waals surface area contributed by atoms with E-state index < -0.39 is 0 Å². The highest BCUT2D eigenvalue weighted by atomic mass is 32.2. The summed E-state index contributed by atoms with van der Waals surface area (Å²) in [5.41, 5.74) is 0. The van der Waals surface area contributed by atoms with Crippen molar-refractivity contribution in [3.05, 3.63) is 22.4 Å². The third kappa shape index (κ3) is 4.21. The largest absolute Gasteiger partial charge is 0.338 e. The van der Waals surface area contributed by atoms with Gasteiger partial charge in [0.1, 0.15) is 0 Å². The molecule has 0 aliphatic carbocycles. The molecule has 3 nitrogen and oxygen atoms in total. The van der Waals surface area contributed by atoms with E-state index in [-0.39, 0.29) is 6.03 Å². The molecule has 18 heavy (non-hydrogen) atoms. The number of nitrogens with one attached hydrogen (secondary N) is 2. The van der Waals surface area contributed by atoms with Crippen LogP contribution in [0.2, 0.25) is 0 Å². The van der Waals surface area contributed by atoms with Crippen molar-refractivity contribution in [2.24, 2.45) is 0 Å². The summed E-state index contributed by atoms with van der Waals surface area (Å²) in [6.07, 6.45) is 2.32. The summed E-state index contributed by atoms with van der Waals surface area (Å²) in [5.74, 6) is 2.67. The zero-order chi connectivity index (χ0) is 12.8. The van der Waals surface area contributed by atoms with E-state index in [2.05, 4.69) is 35.1 Å². The van der Waals surface area contributed by atoms with Gasteiger partial charge in [-0.3, -0.25) is 0 Å². The van der Waals surface area contributed by atoms with Gasteiger partial charge < -0.3 is 10.6 Å². The molecule has 0 radical (unpaired) electrons. The first-order valence-corrected chi connectivity index (χ1v) is 8.44. The van der Waals surface area contributed by atoms with Crippen molar-refractivity contribution in [3.63, 3.8) is 0 Å². The van der Waals surface area contributed by atoms with Crippen LogP contribution in [0.5, 0.6) is 0 Å². The molecule has 1 aromatic rings. The van der Waals surface area contributed by atoms with E-state index in [1.165, 1.54) is 17.1 Å². The van der Waals surface area contributed by atoms with Gasteiger partial charge in [-0.2, -0.15) is 11.8 Å². The minimum atomic E-state index is -0.0223. The van der Waals surface area contributed by atoms with Gasteiger partial charge in [0.05, 0.1) is 0 Å². The fourth-order valence-electron chi connectivity index (χ4n) is 2.01. The average molecular weight is 284 g/mol. The number of thioether (sulfide) groups is 1. The van der Waals surface area contributed by atoms with Crippen molar-refractivity contribution in [2.75, 3.05) is 18.1 Å². The maximum Gasteiger partial charge on any atom is 0.315 e. The van der Waals surface area contributed by atoms with Gasteiger partial charge in [-0.05, 0) is 30.0 Å². The second-order valence-corrected chi connectivity index (χ2v) is 6.81. The van der Waals surface area contributed by atoms with Crippen LogP contribution in [0, 0.1) is 0 Å². The number of urea groups is 1. The molecule has 0 saturated carbocycles. The highest BCUT2D eigenvalue weighted by Crippen LogP contribution is 2.19. The van der Waals surface area contributed by atoms with E-state index in [1.807, 2.05) is 11.8 Å². The molecule has 1 aromatic heterocycles. The predicted octanol–water partition coefficient (Wildman–Crippen LogP) is 3.05. The number of carbonyl (C=O) groups excluding carboxylic acids is 1. The lowest BCUT2D eigenvalue weighted by Gasteiger charge is -2.23. The van der Waals surface area contributed by atoms with Gasteiger partial charge in [-0.25, -0.2) is 4.79 Å². The molecule has 2 atom stereocenters. The zero-order valence-corrected chi connectivity index (χ0v) is 12.3. The molecule has 0 aromatic carbocycles. The lowest BCUT2D eigenvalue weighted by molar-refractivity contribution is 0.236. The highest BCUT2D eigenvalue weighted by Gasteiger charge is 2.16.